The molecule has 0 amide bonds. The van der Waals surface area contributed by atoms with Gasteiger partial charge in [0.05, 0.1) is 6.10 Å². The molecule has 0 radical (unpaired) electrons. The molecule has 0 fully saturated rings. The van der Waals surface area contributed by atoms with Gasteiger partial charge in [-0.2, -0.15) is 0 Å². The SMILES string of the molecule is C#CCCC(NCCC)C(CCC)OC. The average molecular weight is 211 g/mol. The molecule has 0 aliphatic rings. The molecule has 88 valence electrons. The van der Waals surface area contributed by atoms with Crippen LogP contribution >= 0.6 is 0 Å². The summed E-state index contributed by atoms with van der Waals surface area (Å²) >= 11 is 0. The Morgan fingerprint density at radius 2 is 2.00 bits per heavy atom. The van der Waals surface area contributed by atoms with Gasteiger partial charge in [0, 0.05) is 19.6 Å². The number of rotatable bonds is 9. The van der Waals surface area contributed by atoms with E-state index in [1.807, 2.05) is 0 Å². The molecule has 15 heavy (non-hydrogen) atoms. The van der Waals surface area contributed by atoms with Gasteiger partial charge >= 0.3 is 0 Å². The van der Waals surface area contributed by atoms with Crippen molar-refractivity contribution in [1.29, 1.82) is 0 Å². The summed E-state index contributed by atoms with van der Waals surface area (Å²) in [6.45, 7) is 5.40. The number of hydrogen-bond donors (Lipinski definition) is 1. The molecule has 0 saturated heterocycles. The minimum Gasteiger partial charge on any atom is -0.380 e. The molecule has 0 aromatic carbocycles. The Morgan fingerprint density at radius 1 is 1.27 bits per heavy atom. The van der Waals surface area contributed by atoms with Crippen molar-refractivity contribution in [2.75, 3.05) is 13.7 Å². The zero-order valence-corrected chi connectivity index (χ0v) is 10.4. The Kier molecular flexibility index (Phi) is 9.67. The normalized spacial score (nSPS) is 14.5. The quantitative estimate of drug-likeness (QED) is 0.592. The van der Waals surface area contributed by atoms with E-state index >= 15 is 0 Å². The minimum absolute atomic E-state index is 0.301. The van der Waals surface area contributed by atoms with Crippen LogP contribution in [-0.4, -0.2) is 25.8 Å². The molecule has 0 aromatic heterocycles. The highest BCUT2D eigenvalue weighted by atomic mass is 16.5. The molecule has 0 rings (SSSR count). The fraction of sp³-hybridized carbons (Fsp3) is 0.846. The van der Waals surface area contributed by atoms with Gasteiger partial charge in [-0.3, -0.25) is 0 Å². The van der Waals surface area contributed by atoms with Gasteiger partial charge in [0.2, 0.25) is 0 Å². The molecule has 0 aromatic rings. The molecule has 0 bridgehead atoms. The van der Waals surface area contributed by atoms with Crippen molar-refractivity contribution in [3.63, 3.8) is 0 Å². The van der Waals surface area contributed by atoms with Crippen LogP contribution in [-0.2, 0) is 4.74 Å². The molecule has 0 aliphatic heterocycles. The topological polar surface area (TPSA) is 21.3 Å². The maximum Gasteiger partial charge on any atom is 0.0724 e. The monoisotopic (exact) mass is 211 g/mol. The lowest BCUT2D eigenvalue weighted by Crippen LogP contribution is -2.41. The Labute approximate surface area is 94.8 Å². The lowest BCUT2D eigenvalue weighted by Gasteiger charge is -2.26. The van der Waals surface area contributed by atoms with Crippen molar-refractivity contribution in [1.82, 2.24) is 5.32 Å². The molecule has 2 unspecified atom stereocenters. The third-order valence-corrected chi connectivity index (χ3v) is 2.58. The van der Waals surface area contributed by atoms with E-state index in [0.29, 0.717) is 12.1 Å². The average Bonchev–Trinajstić information content (AvgIpc) is 2.27. The smallest absolute Gasteiger partial charge is 0.0724 e. The molecular formula is C13H25NO. The van der Waals surface area contributed by atoms with Crippen molar-refractivity contribution in [2.24, 2.45) is 0 Å². The van der Waals surface area contributed by atoms with E-state index in [2.05, 4.69) is 25.1 Å². The van der Waals surface area contributed by atoms with Gasteiger partial charge in [-0.1, -0.05) is 20.3 Å². The molecule has 0 spiro atoms. The molecule has 1 N–H and O–H groups in total. The van der Waals surface area contributed by atoms with Crippen LogP contribution in [0.2, 0.25) is 0 Å². The fourth-order valence-corrected chi connectivity index (χ4v) is 1.76. The lowest BCUT2D eigenvalue weighted by atomic mass is 10.0. The highest BCUT2D eigenvalue weighted by Gasteiger charge is 2.18. The molecule has 0 heterocycles. The summed E-state index contributed by atoms with van der Waals surface area (Å²) in [5.74, 6) is 2.70. The van der Waals surface area contributed by atoms with Crippen LogP contribution in [0.4, 0.5) is 0 Å². The minimum atomic E-state index is 0.301. The Bertz CT molecular complexity index is 174. The standard InChI is InChI=1S/C13H25NO/c1-5-8-10-12(14-11-7-3)13(15-4)9-6-2/h1,12-14H,6-11H2,2-4H3. The molecule has 2 nitrogen and oxygen atoms in total. The summed E-state index contributed by atoms with van der Waals surface area (Å²) in [7, 11) is 1.79. The number of terminal acetylenes is 1. The molecular weight excluding hydrogens is 186 g/mol. The van der Waals surface area contributed by atoms with E-state index in [4.69, 9.17) is 11.2 Å². The van der Waals surface area contributed by atoms with E-state index < -0.39 is 0 Å². The van der Waals surface area contributed by atoms with Crippen LogP contribution in [0, 0.1) is 12.3 Å². The second-order valence-electron chi connectivity index (χ2n) is 3.87. The Hall–Kier alpha value is -0.520. The summed E-state index contributed by atoms with van der Waals surface area (Å²) in [5.41, 5.74) is 0. The van der Waals surface area contributed by atoms with E-state index in [1.54, 1.807) is 7.11 Å². The number of nitrogens with one attached hydrogen (secondary N) is 1. The summed E-state index contributed by atoms with van der Waals surface area (Å²) in [6, 6.07) is 0.408. The molecule has 2 heteroatoms. The first-order valence-corrected chi connectivity index (χ1v) is 5.99. The van der Waals surface area contributed by atoms with Crippen LogP contribution in [0.3, 0.4) is 0 Å². The molecule has 0 aliphatic carbocycles. The first-order valence-electron chi connectivity index (χ1n) is 5.99. The number of methoxy groups -OCH3 is 1. The van der Waals surface area contributed by atoms with Gasteiger partial charge in [-0.05, 0) is 25.8 Å². The van der Waals surface area contributed by atoms with Gasteiger partial charge in [0.1, 0.15) is 0 Å². The van der Waals surface area contributed by atoms with Gasteiger partial charge in [-0.15, -0.1) is 12.3 Å². The summed E-state index contributed by atoms with van der Waals surface area (Å²) in [6.07, 6.45) is 10.8. The van der Waals surface area contributed by atoms with Crippen LogP contribution in [0.15, 0.2) is 0 Å². The van der Waals surface area contributed by atoms with Crippen LogP contribution in [0.1, 0.15) is 46.0 Å². The van der Waals surface area contributed by atoms with E-state index in [-0.39, 0.29) is 0 Å². The largest absolute Gasteiger partial charge is 0.380 e. The zero-order valence-electron chi connectivity index (χ0n) is 10.4. The van der Waals surface area contributed by atoms with Gasteiger partial charge in [-0.25, -0.2) is 0 Å². The van der Waals surface area contributed by atoms with Crippen molar-refractivity contribution >= 4 is 0 Å². The first-order chi connectivity index (χ1) is 7.29. The number of hydrogen-bond acceptors (Lipinski definition) is 2. The van der Waals surface area contributed by atoms with Crippen molar-refractivity contribution in [3.05, 3.63) is 0 Å². The maximum atomic E-state index is 5.52. The second-order valence-corrected chi connectivity index (χ2v) is 3.87. The third kappa shape index (κ3) is 6.54. The van der Waals surface area contributed by atoms with Gasteiger partial charge < -0.3 is 10.1 Å². The first kappa shape index (κ1) is 14.5. The van der Waals surface area contributed by atoms with Crippen molar-refractivity contribution in [2.45, 2.75) is 58.1 Å². The fourth-order valence-electron chi connectivity index (χ4n) is 1.76. The highest BCUT2D eigenvalue weighted by Crippen LogP contribution is 2.11. The second kappa shape index (κ2) is 10.0. The summed E-state index contributed by atoms with van der Waals surface area (Å²) in [4.78, 5) is 0. The van der Waals surface area contributed by atoms with E-state index in [9.17, 15) is 0 Å². The van der Waals surface area contributed by atoms with Crippen molar-refractivity contribution < 1.29 is 4.74 Å². The Balaban J connectivity index is 4.10. The van der Waals surface area contributed by atoms with E-state index in [0.717, 1.165) is 38.6 Å². The maximum absolute atomic E-state index is 5.52. The molecule has 0 saturated carbocycles. The highest BCUT2D eigenvalue weighted by molar-refractivity contribution is 4.88. The number of ether oxygens (including phenoxy) is 1. The van der Waals surface area contributed by atoms with Crippen LogP contribution < -0.4 is 5.32 Å². The van der Waals surface area contributed by atoms with E-state index in [1.165, 1.54) is 0 Å². The van der Waals surface area contributed by atoms with Gasteiger partial charge in [0.15, 0.2) is 0 Å². The van der Waals surface area contributed by atoms with Crippen LogP contribution in [0.25, 0.3) is 0 Å². The van der Waals surface area contributed by atoms with Gasteiger partial charge in [0.25, 0.3) is 0 Å². The molecule has 2 atom stereocenters. The Morgan fingerprint density at radius 3 is 2.47 bits per heavy atom. The summed E-state index contributed by atoms with van der Waals surface area (Å²) < 4.78 is 5.52. The predicted octanol–water partition coefficient (Wildman–Crippen LogP) is 2.58. The lowest BCUT2D eigenvalue weighted by molar-refractivity contribution is 0.0586. The third-order valence-electron chi connectivity index (χ3n) is 2.58. The van der Waals surface area contributed by atoms with Crippen LogP contribution in [0.5, 0.6) is 0 Å². The zero-order chi connectivity index (χ0) is 11.5. The predicted molar refractivity (Wildman–Crippen MR) is 65.9 cm³/mol. The summed E-state index contributed by atoms with van der Waals surface area (Å²) in [5, 5.41) is 3.52. The van der Waals surface area contributed by atoms with Crippen molar-refractivity contribution in [3.8, 4) is 12.3 Å².